The summed E-state index contributed by atoms with van der Waals surface area (Å²) in [5.74, 6) is 0.895. The molecule has 3 aromatic rings. The lowest BCUT2D eigenvalue weighted by Crippen LogP contribution is -2.12. The van der Waals surface area contributed by atoms with Gasteiger partial charge in [0.2, 0.25) is 17.6 Å². The fraction of sp³-hybridized carbons (Fsp3) is 0.350. The molecule has 0 saturated heterocycles. The van der Waals surface area contributed by atoms with Gasteiger partial charge >= 0.3 is 0 Å². The van der Waals surface area contributed by atoms with Gasteiger partial charge in [-0.3, -0.25) is 4.79 Å². The van der Waals surface area contributed by atoms with E-state index >= 15 is 0 Å². The monoisotopic (exact) mass is 401 g/mol. The van der Waals surface area contributed by atoms with Crippen molar-refractivity contribution < 1.29 is 18.8 Å². The number of hydrogen-bond acceptors (Lipinski definition) is 7. The van der Waals surface area contributed by atoms with Gasteiger partial charge in [-0.1, -0.05) is 17.3 Å². The molecule has 7 nitrogen and oxygen atoms in total. The lowest BCUT2D eigenvalue weighted by atomic mass is 10.2. The van der Waals surface area contributed by atoms with E-state index in [9.17, 15) is 4.79 Å². The van der Waals surface area contributed by atoms with Gasteiger partial charge in [0, 0.05) is 36.1 Å². The van der Waals surface area contributed by atoms with Crippen LogP contribution in [-0.4, -0.2) is 35.9 Å². The topological polar surface area (TPSA) is 86.5 Å². The van der Waals surface area contributed by atoms with E-state index in [0.29, 0.717) is 44.6 Å². The second kappa shape index (κ2) is 10.7. The summed E-state index contributed by atoms with van der Waals surface area (Å²) in [5.41, 5.74) is 2.65. The summed E-state index contributed by atoms with van der Waals surface area (Å²) < 4.78 is 16.0. The number of hydrogen-bond donors (Lipinski definition) is 1. The Morgan fingerprint density at radius 3 is 2.96 bits per heavy atom. The summed E-state index contributed by atoms with van der Waals surface area (Å²) in [6.45, 7) is 4.24. The van der Waals surface area contributed by atoms with Gasteiger partial charge in [-0.05, 0) is 36.1 Å². The molecule has 1 aromatic carbocycles. The quantitative estimate of drug-likeness (QED) is 0.490. The largest absolute Gasteiger partial charge is 0.379 e. The smallest absolute Gasteiger partial charge is 0.227 e. The highest BCUT2D eigenvalue weighted by Gasteiger charge is 2.11. The number of carbonyl (C=O) groups excluding carboxylic acids is 1. The molecule has 28 heavy (non-hydrogen) atoms. The standard InChI is InChI=1S/C20H23N3O4S/c1-2-25-9-10-26-13-15-4-3-5-17(12-15)21-18(24)6-7-19-22-20(23-27-19)16-8-11-28-14-16/h3-5,8,11-12,14H,2,6-7,9-10,13H2,1H3,(H,21,24). The van der Waals surface area contributed by atoms with Crippen molar-refractivity contribution in [1.82, 2.24) is 10.1 Å². The van der Waals surface area contributed by atoms with Crippen LogP contribution >= 0.6 is 11.3 Å². The molecule has 1 amide bonds. The molecule has 0 aliphatic rings. The molecule has 0 atom stereocenters. The van der Waals surface area contributed by atoms with Gasteiger partial charge in [-0.25, -0.2) is 0 Å². The van der Waals surface area contributed by atoms with E-state index in [1.807, 2.05) is 48.0 Å². The Hall–Kier alpha value is -2.55. The summed E-state index contributed by atoms with van der Waals surface area (Å²) in [6, 6.07) is 9.53. The van der Waals surface area contributed by atoms with Gasteiger partial charge in [-0.2, -0.15) is 16.3 Å². The average Bonchev–Trinajstić information content (AvgIpc) is 3.38. The summed E-state index contributed by atoms with van der Waals surface area (Å²) in [6.07, 6.45) is 0.656. The second-order valence-corrected chi connectivity index (χ2v) is 6.80. The molecule has 8 heteroatoms. The van der Waals surface area contributed by atoms with Gasteiger partial charge in [-0.15, -0.1) is 0 Å². The highest BCUT2D eigenvalue weighted by Crippen LogP contribution is 2.19. The van der Waals surface area contributed by atoms with E-state index in [4.69, 9.17) is 14.0 Å². The average molecular weight is 401 g/mol. The maximum Gasteiger partial charge on any atom is 0.227 e. The van der Waals surface area contributed by atoms with Crippen molar-refractivity contribution in [2.75, 3.05) is 25.1 Å². The molecule has 1 N–H and O–H groups in total. The number of aromatic nitrogens is 2. The van der Waals surface area contributed by atoms with Crippen LogP contribution in [0.3, 0.4) is 0 Å². The Morgan fingerprint density at radius 2 is 2.14 bits per heavy atom. The van der Waals surface area contributed by atoms with Crippen LogP contribution in [0.2, 0.25) is 0 Å². The number of amides is 1. The van der Waals surface area contributed by atoms with Crippen LogP contribution in [0.15, 0.2) is 45.6 Å². The van der Waals surface area contributed by atoms with Crippen molar-refractivity contribution in [3.63, 3.8) is 0 Å². The van der Waals surface area contributed by atoms with Crippen LogP contribution in [0.5, 0.6) is 0 Å². The number of rotatable bonds is 11. The van der Waals surface area contributed by atoms with Crippen LogP contribution in [-0.2, 0) is 27.3 Å². The van der Waals surface area contributed by atoms with Gasteiger partial charge in [0.05, 0.1) is 19.8 Å². The molecule has 2 aromatic heterocycles. The lowest BCUT2D eigenvalue weighted by molar-refractivity contribution is -0.116. The molecule has 148 valence electrons. The van der Waals surface area contributed by atoms with Crippen molar-refractivity contribution in [2.45, 2.75) is 26.4 Å². The number of nitrogens with one attached hydrogen (secondary N) is 1. The molecule has 0 bridgehead atoms. The number of benzene rings is 1. The van der Waals surface area contributed by atoms with E-state index in [1.54, 1.807) is 11.3 Å². The number of nitrogens with zero attached hydrogens (tertiary/aromatic N) is 2. The Kier molecular flexibility index (Phi) is 7.71. The number of aryl methyl sites for hydroxylation is 1. The van der Waals surface area contributed by atoms with Crippen molar-refractivity contribution in [1.29, 1.82) is 0 Å². The molecule has 3 rings (SSSR count). The predicted molar refractivity (Wildman–Crippen MR) is 107 cm³/mol. The highest BCUT2D eigenvalue weighted by atomic mass is 32.1. The fourth-order valence-corrected chi connectivity index (χ4v) is 3.13. The number of anilines is 1. The van der Waals surface area contributed by atoms with E-state index in [2.05, 4.69) is 15.5 Å². The van der Waals surface area contributed by atoms with Crippen molar-refractivity contribution in [3.05, 3.63) is 52.5 Å². The van der Waals surface area contributed by atoms with Gasteiger partial charge in [0.1, 0.15) is 0 Å². The molecule has 0 fully saturated rings. The maximum absolute atomic E-state index is 12.2. The molecule has 0 saturated carbocycles. The zero-order valence-corrected chi connectivity index (χ0v) is 16.5. The second-order valence-electron chi connectivity index (χ2n) is 6.02. The van der Waals surface area contributed by atoms with E-state index in [0.717, 1.165) is 16.8 Å². The van der Waals surface area contributed by atoms with E-state index in [1.165, 1.54) is 0 Å². The third-order valence-corrected chi connectivity index (χ3v) is 4.55. The van der Waals surface area contributed by atoms with Crippen molar-refractivity contribution in [2.24, 2.45) is 0 Å². The minimum absolute atomic E-state index is 0.107. The Morgan fingerprint density at radius 1 is 1.25 bits per heavy atom. The Balaban J connectivity index is 1.44. The number of thiophene rings is 1. The highest BCUT2D eigenvalue weighted by molar-refractivity contribution is 7.08. The van der Waals surface area contributed by atoms with Crippen LogP contribution in [0, 0.1) is 0 Å². The molecule has 0 radical (unpaired) electrons. The van der Waals surface area contributed by atoms with Crippen LogP contribution in [0.25, 0.3) is 11.4 Å². The molecular formula is C20H23N3O4S. The fourth-order valence-electron chi connectivity index (χ4n) is 2.50. The van der Waals surface area contributed by atoms with Gasteiger partial charge in [0.15, 0.2) is 0 Å². The summed E-state index contributed by atoms with van der Waals surface area (Å²) >= 11 is 1.57. The summed E-state index contributed by atoms with van der Waals surface area (Å²) in [5, 5.41) is 10.7. The Bertz CT molecular complexity index is 864. The van der Waals surface area contributed by atoms with Crippen LogP contribution < -0.4 is 5.32 Å². The molecule has 2 heterocycles. The first kappa shape index (κ1) is 20.2. The van der Waals surface area contributed by atoms with Crippen molar-refractivity contribution in [3.8, 4) is 11.4 Å². The molecule has 0 spiro atoms. The van der Waals surface area contributed by atoms with Gasteiger partial charge in [0.25, 0.3) is 0 Å². The first-order valence-electron chi connectivity index (χ1n) is 9.14. The maximum atomic E-state index is 12.2. The summed E-state index contributed by atoms with van der Waals surface area (Å²) in [7, 11) is 0. The molecule has 0 aliphatic carbocycles. The molecule has 0 unspecified atom stereocenters. The van der Waals surface area contributed by atoms with Crippen LogP contribution in [0.4, 0.5) is 5.69 Å². The molecule has 0 aliphatic heterocycles. The molecular weight excluding hydrogens is 378 g/mol. The Labute approximate surface area is 167 Å². The third kappa shape index (κ3) is 6.26. The number of carbonyl (C=O) groups is 1. The zero-order chi connectivity index (χ0) is 19.6. The van der Waals surface area contributed by atoms with Crippen LogP contribution in [0.1, 0.15) is 24.8 Å². The lowest BCUT2D eigenvalue weighted by Gasteiger charge is -2.08. The normalized spacial score (nSPS) is 10.9. The predicted octanol–water partition coefficient (Wildman–Crippen LogP) is 3.92. The third-order valence-electron chi connectivity index (χ3n) is 3.87. The summed E-state index contributed by atoms with van der Waals surface area (Å²) in [4.78, 5) is 16.5. The zero-order valence-electron chi connectivity index (χ0n) is 15.7. The van der Waals surface area contributed by atoms with E-state index < -0.39 is 0 Å². The first-order valence-corrected chi connectivity index (χ1v) is 10.1. The minimum Gasteiger partial charge on any atom is -0.379 e. The van der Waals surface area contributed by atoms with Crippen molar-refractivity contribution >= 4 is 22.9 Å². The minimum atomic E-state index is -0.107. The SMILES string of the molecule is CCOCCOCc1cccc(NC(=O)CCc2nc(-c3ccsc3)no2)c1. The number of ether oxygens (including phenoxy) is 2. The van der Waals surface area contributed by atoms with E-state index in [-0.39, 0.29) is 12.3 Å². The van der Waals surface area contributed by atoms with Gasteiger partial charge < -0.3 is 19.3 Å². The first-order chi connectivity index (χ1) is 13.7.